The Bertz CT molecular complexity index is 657. The van der Waals surface area contributed by atoms with Gasteiger partial charge in [0.1, 0.15) is 12.4 Å². The van der Waals surface area contributed by atoms with Gasteiger partial charge in [-0.3, -0.25) is 0 Å². The standard InChI is InChI=1S/C17H17Cl2NO/c1-20-8-7-15-12(10-20)3-2-4-17(15)21-11-13-9-14(18)5-6-16(13)19/h2-6,9H,7-8,10-11H2,1H3. The van der Waals surface area contributed by atoms with E-state index in [1.165, 1.54) is 11.1 Å². The minimum Gasteiger partial charge on any atom is -0.489 e. The van der Waals surface area contributed by atoms with Gasteiger partial charge in [-0.05, 0) is 48.9 Å². The molecule has 2 nitrogen and oxygen atoms in total. The number of hydrogen-bond donors (Lipinski definition) is 0. The molecule has 1 aliphatic heterocycles. The van der Waals surface area contributed by atoms with Crippen molar-refractivity contribution in [2.24, 2.45) is 0 Å². The molecular formula is C17H17Cl2NO. The van der Waals surface area contributed by atoms with Crippen LogP contribution in [0.2, 0.25) is 10.0 Å². The van der Waals surface area contributed by atoms with Crippen molar-refractivity contribution >= 4 is 23.2 Å². The molecule has 0 atom stereocenters. The monoisotopic (exact) mass is 321 g/mol. The van der Waals surface area contributed by atoms with E-state index >= 15 is 0 Å². The Balaban J connectivity index is 1.80. The number of likely N-dealkylation sites (N-methyl/N-ethyl adjacent to an activating group) is 1. The summed E-state index contributed by atoms with van der Waals surface area (Å²) in [4.78, 5) is 2.32. The Morgan fingerprint density at radius 1 is 1.19 bits per heavy atom. The summed E-state index contributed by atoms with van der Waals surface area (Å²) in [6.07, 6.45) is 1.02. The first-order valence-corrected chi connectivity index (χ1v) is 7.75. The second-order valence-electron chi connectivity index (χ2n) is 5.41. The normalized spacial score (nSPS) is 14.8. The molecule has 2 aromatic carbocycles. The molecule has 0 unspecified atom stereocenters. The number of rotatable bonds is 3. The highest BCUT2D eigenvalue weighted by atomic mass is 35.5. The fourth-order valence-electron chi connectivity index (χ4n) is 2.66. The summed E-state index contributed by atoms with van der Waals surface area (Å²) < 4.78 is 6.00. The molecule has 3 rings (SSSR count). The summed E-state index contributed by atoms with van der Waals surface area (Å²) in [6, 6.07) is 11.7. The van der Waals surface area contributed by atoms with Crippen LogP contribution in [0.5, 0.6) is 5.75 Å². The van der Waals surface area contributed by atoms with Gasteiger partial charge in [0, 0.05) is 28.7 Å². The number of fused-ring (bicyclic) bond motifs is 1. The summed E-state index contributed by atoms with van der Waals surface area (Å²) in [5, 5.41) is 1.36. The van der Waals surface area contributed by atoms with E-state index < -0.39 is 0 Å². The second kappa shape index (κ2) is 6.27. The molecule has 0 saturated heterocycles. The van der Waals surface area contributed by atoms with Gasteiger partial charge in [0.2, 0.25) is 0 Å². The summed E-state index contributed by atoms with van der Waals surface area (Å²) in [7, 11) is 2.14. The molecule has 110 valence electrons. The van der Waals surface area contributed by atoms with Gasteiger partial charge in [-0.2, -0.15) is 0 Å². The van der Waals surface area contributed by atoms with Gasteiger partial charge in [0.25, 0.3) is 0 Å². The highest BCUT2D eigenvalue weighted by Crippen LogP contribution is 2.29. The fourth-order valence-corrected chi connectivity index (χ4v) is 3.03. The molecule has 1 heterocycles. The first-order chi connectivity index (χ1) is 10.1. The van der Waals surface area contributed by atoms with Gasteiger partial charge in [-0.15, -0.1) is 0 Å². The van der Waals surface area contributed by atoms with E-state index in [1.54, 1.807) is 12.1 Å². The van der Waals surface area contributed by atoms with Gasteiger partial charge < -0.3 is 9.64 Å². The van der Waals surface area contributed by atoms with Crippen molar-refractivity contribution in [3.8, 4) is 5.75 Å². The zero-order valence-corrected chi connectivity index (χ0v) is 13.4. The van der Waals surface area contributed by atoms with Crippen LogP contribution in [0.3, 0.4) is 0 Å². The quantitative estimate of drug-likeness (QED) is 0.821. The minimum absolute atomic E-state index is 0.436. The lowest BCUT2D eigenvalue weighted by Gasteiger charge is -2.26. The molecule has 0 radical (unpaired) electrons. The lowest BCUT2D eigenvalue weighted by atomic mass is 9.99. The fraction of sp³-hybridized carbons (Fsp3) is 0.294. The maximum absolute atomic E-state index is 6.18. The second-order valence-corrected chi connectivity index (χ2v) is 6.25. The molecule has 4 heteroatoms. The van der Waals surface area contributed by atoms with Crippen molar-refractivity contribution in [2.45, 2.75) is 19.6 Å². The summed E-state index contributed by atoms with van der Waals surface area (Å²) in [5.74, 6) is 0.955. The molecule has 0 fully saturated rings. The smallest absolute Gasteiger partial charge is 0.123 e. The van der Waals surface area contributed by atoms with E-state index in [2.05, 4.69) is 18.0 Å². The van der Waals surface area contributed by atoms with Crippen LogP contribution in [-0.2, 0) is 19.6 Å². The number of benzene rings is 2. The van der Waals surface area contributed by atoms with E-state index in [-0.39, 0.29) is 0 Å². The average molecular weight is 322 g/mol. The summed E-state index contributed by atoms with van der Waals surface area (Å²) in [6.45, 7) is 2.47. The molecule has 0 saturated carbocycles. The highest BCUT2D eigenvalue weighted by Gasteiger charge is 2.17. The molecule has 0 spiro atoms. The van der Waals surface area contributed by atoms with E-state index in [9.17, 15) is 0 Å². The lowest BCUT2D eigenvalue weighted by molar-refractivity contribution is 0.283. The Morgan fingerprint density at radius 3 is 2.90 bits per heavy atom. The Kier molecular flexibility index (Phi) is 4.39. The predicted octanol–water partition coefficient (Wildman–Crippen LogP) is 4.56. The predicted molar refractivity (Wildman–Crippen MR) is 87.3 cm³/mol. The van der Waals surface area contributed by atoms with Crippen LogP contribution in [0.15, 0.2) is 36.4 Å². The number of nitrogens with zero attached hydrogens (tertiary/aromatic N) is 1. The third kappa shape index (κ3) is 3.34. The third-order valence-corrected chi connectivity index (χ3v) is 4.41. The molecule has 21 heavy (non-hydrogen) atoms. The topological polar surface area (TPSA) is 12.5 Å². The zero-order chi connectivity index (χ0) is 14.8. The Hall–Kier alpha value is -1.22. The average Bonchev–Trinajstić information content (AvgIpc) is 2.47. The number of hydrogen-bond acceptors (Lipinski definition) is 2. The van der Waals surface area contributed by atoms with E-state index in [1.807, 2.05) is 18.2 Å². The molecule has 1 aliphatic rings. The Labute approximate surface area is 135 Å². The zero-order valence-electron chi connectivity index (χ0n) is 11.9. The van der Waals surface area contributed by atoms with Crippen molar-refractivity contribution < 1.29 is 4.74 Å². The third-order valence-electron chi connectivity index (χ3n) is 3.80. The molecule has 0 bridgehead atoms. The highest BCUT2D eigenvalue weighted by molar-refractivity contribution is 6.33. The van der Waals surface area contributed by atoms with Gasteiger partial charge in [-0.1, -0.05) is 35.3 Å². The van der Waals surface area contributed by atoms with Crippen molar-refractivity contribution in [1.82, 2.24) is 4.90 Å². The van der Waals surface area contributed by atoms with Crippen LogP contribution in [-0.4, -0.2) is 18.5 Å². The molecule has 0 aromatic heterocycles. The van der Waals surface area contributed by atoms with Crippen LogP contribution in [0.25, 0.3) is 0 Å². The van der Waals surface area contributed by atoms with Gasteiger partial charge in [0.05, 0.1) is 0 Å². The van der Waals surface area contributed by atoms with E-state index in [4.69, 9.17) is 27.9 Å². The molecule has 0 amide bonds. The van der Waals surface area contributed by atoms with Gasteiger partial charge >= 0.3 is 0 Å². The van der Waals surface area contributed by atoms with E-state index in [0.29, 0.717) is 16.7 Å². The first-order valence-electron chi connectivity index (χ1n) is 6.99. The van der Waals surface area contributed by atoms with Crippen molar-refractivity contribution in [3.05, 3.63) is 63.1 Å². The van der Waals surface area contributed by atoms with Crippen molar-refractivity contribution in [1.29, 1.82) is 0 Å². The molecule has 0 aliphatic carbocycles. The summed E-state index contributed by atoms with van der Waals surface area (Å²) >= 11 is 12.2. The van der Waals surface area contributed by atoms with Crippen LogP contribution in [0, 0.1) is 0 Å². The first kappa shape index (κ1) is 14.7. The van der Waals surface area contributed by atoms with Crippen molar-refractivity contribution in [3.63, 3.8) is 0 Å². The van der Waals surface area contributed by atoms with Gasteiger partial charge in [-0.25, -0.2) is 0 Å². The van der Waals surface area contributed by atoms with E-state index in [0.717, 1.165) is 30.8 Å². The SMILES string of the molecule is CN1CCc2c(cccc2OCc2cc(Cl)ccc2Cl)C1. The Morgan fingerprint density at radius 2 is 2.05 bits per heavy atom. The minimum atomic E-state index is 0.436. The number of halogens is 2. The molecule has 2 aromatic rings. The largest absolute Gasteiger partial charge is 0.489 e. The van der Waals surface area contributed by atoms with Crippen LogP contribution in [0.4, 0.5) is 0 Å². The molecule has 0 N–H and O–H groups in total. The maximum atomic E-state index is 6.18. The molecular weight excluding hydrogens is 305 g/mol. The number of ether oxygens (including phenoxy) is 1. The van der Waals surface area contributed by atoms with Crippen LogP contribution >= 0.6 is 23.2 Å². The maximum Gasteiger partial charge on any atom is 0.123 e. The van der Waals surface area contributed by atoms with Crippen molar-refractivity contribution in [2.75, 3.05) is 13.6 Å². The lowest BCUT2D eigenvalue weighted by Crippen LogP contribution is -2.26. The van der Waals surface area contributed by atoms with Gasteiger partial charge in [0.15, 0.2) is 0 Å². The van der Waals surface area contributed by atoms with Crippen LogP contribution in [0.1, 0.15) is 16.7 Å². The van der Waals surface area contributed by atoms with Crippen LogP contribution < -0.4 is 4.74 Å². The summed E-state index contributed by atoms with van der Waals surface area (Å²) in [5.41, 5.74) is 3.57.